The topological polar surface area (TPSA) is 34.1 Å². The number of rotatable bonds is 1. The standard InChI is InChI=1S/C18H24O2S/c1-18(2,3)15-7-4-6-13(10-15)14-11-16-8-5-9-17(12-14)21(16,19)20/h4,6-7,10-11,16-17H,5,8-9,12H2,1-3H3. The van der Waals surface area contributed by atoms with Crippen LogP contribution in [0.1, 0.15) is 57.6 Å². The minimum Gasteiger partial charge on any atom is -0.228 e. The molecule has 2 aliphatic rings. The average molecular weight is 304 g/mol. The fourth-order valence-corrected chi connectivity index (χ4v) is 5.71. The maximum atomic E-state index is 12.4. The Morgan fingerprint density at radius 2 is 1.90 bits per heavy atom. The van der Waals surface area contributed by atoms with E-state index in [0.29, 0.717) is 6.42 Å². The van der Waals surface area contributed by atoms with Gasteiger partial charge in [0.25, 0.3) is 0 Å². The van der Waals surface area contributed by atoms with E-state index in [9.17, 15) is 8.42 Å². The summed E-state index contributed by atoms with van der Waals surface area (Å²) in [6.07, 6.45) is 5.37. The molecule has 2 unspecified atom stereocenters. The second kappa shape index (κ2) is 4.98. The van der Waals surface area contributed by atoms with Crippen LogP contribution in [0.25, 0.3) is 5.57 Å². The van der Waals surface area contributed by atoms with Crippen molar-refractivity contribution >= 4 is 15.4 Å². The number of fused-ring (bicyclic) bond motifs is 2. The lowest BCUT2D eigenvalue weighted by molar-refractivity contribution is 0.518. The van der Waals surface area contributed by atoms with E-state index in [1.54, 1.807) is 0 Å². The van der Waals surface area contributed by atoms with E-state index in [4.69, 9.17) is 0 Å². The van der Waals surface area contributed by atoms with Crippen LogP contribution >= 0.6 is 0 Å². The molecule has 0 spiro atoms. The number of sulfone groups is 1. The summed E-state index contributed by atoms with van der Waals surface area (Å²) in [5.41, 5.74) is 3.85. The maximum Gasteiger partial charge on any atom is 0.159 e. The fourth-order valence-electron chi connectivity index (χ4n) is 3.46. The molecule has 2 nitrogen and oxygen atoms in total. The van der Waals surface area contributed by atoms with Gasteiger partial charge in [-0.2, -0.15) is 0 Å². The van der Waals surface area contributed by atoms with E-state index >= 15 is 0 Å². The molecule has 2 bridgehead atoms. The summed E-state index contributed by atoms with van der Waals surface area (Å²) in [5.74, 6) is 0. The third kappa shape index (κ3) is 2.68. The van der Waals surface area contributed by atoms with Crippen molar-refractivity contribution in [2.75, 3.05) is 0 Å². The van der Waals surface area contributed by atoms with Gasteiger partial charge in [0, 0.05) is 0 Å². The van der Waals surface area contributed by atoms with Gasteiger partial charge in [-0.05, 0) is 41.4 Å². The van der Waals surface area contributed by atoms with E-state index in [2.05, 4.69) is 45.0 Å². The second-order valence-electron chi connectivity index (χ2n) is 7.41. The molecule has 0 aliphatic carbocycles. The second-order valence-corrected chi connectivity index (χ2v) is 9.86. The molecule has 1 fully saturated rings. The molecule has 2 atom stereocenters. The van der Waals surface area contributed by atoms with Crippen molar-refractivity contribution in [1.82, 2.24) is 0 Å². The zero-order valence-corrected chi connectivity index (χ0v) is 13.9. The van der Waals surface area contributed by atoms with E-state index in [-0.39, 0.29) is 15.9 Å². The van der Waals surface area contributed by atoms with Crippen LogP contribution in [0.3, 0.4) is 0 Å². The largest absolute Gasteiger partial charge is 0.228 e. The minimum atomic E-state index is -2.92. The first-order chi connectivity index (χ1) is 9.78. The van der Waals surface area contributed by atoms with E-state index in [0.717, 1.165) is 19.3 Å². The molecular weight excluding hydrogens is 280 g/mol. The van der Waals surface area contributed by atoms with Crippen molar-refractivity contribution in [3.05, 3.63) is 41.5 Å². The van der Waals surface area contributed by atoms with Crippen molar-refractivity contribution in [3.63, 3.8) is 0 Å². The normalized spacial score (nSPS) is 28.0. The molecule has 114 valence electrons. The van der Waals surface area contributed by atoms with Gasteiger partial charge in [0.05, 0.1) is 10.5 Å². The molecule has 0 radical (unpaired) electrons. The van der Waals surface area contributed by atoms with E-state index in [1.165, 1.54) is 16.7 Å². The van der Waals surface area contributed by atoms with Gasteiger partial charge in [0.2, 0.25) is 0 Å². The summed E-state index contributed by atoms with van der Waals surface area (Å²) in [6, 6.07) is 8.61. The SMILES string of the molecule is CC(C)(C)c1cccc(C2=CC3CCCC(C2)S3(=O)=O)c1. The van der Waals surface area contributed by atoms with Crippen LogP contribution in [0.15, 0.2) is 30.3 Å². The van der Waals surface area contributed by atoms with Crippen LogP contribution < -0.4 is 0 Å². The summed E-state index contributed by atoms with van der Waals surface area (Å²) in [6.45, 7) is 6.63. The highest BCUT2D eigenvalue weighted by atomic mass is 32.2. The highest BCUT2D eigenvalue weighted by molar-refractivity contribution is 7.93. The van der Waals surface area contributed by atoms with Crippen molar-refractivity contribution in [1.29, 1.82) is 0 Å². The molecular formula is C18H24O2S. The Morgan fingerprint density at radius 3 is 2.57 bits per heavy atom. The highest BCUT2D eigenvalue weighted by Gasteiger charge is 2.40. The Bertz CT molecular complexity index is 677. The average Bonchev–Trinajstić information content (AvgIpc) is 2.36. The van der Waals surface area contributed by atoms with Gasteiger partial charge in [-0.25, -0.2) is 8.42 Å². The van der Waals surface area contributed by atoms with E-state index < -0.39 is 9.84 Å². The maximum absolute atomic E-state index is 12.4. The van der Waals surface area contributed by atoms with Crippen LogP contribution in [-0.2, 0) is 15.3 Å². The van der Waals surface area contributed by atoms with Crippen molar-refractivity contribution in [3.8, 4) is 0 Å². The van der Waals surface area contributed by atoms with Crippen LogP contribution in [0, 0.1) is 0 Å². The number of hydrogen-bond acceptors (Lipinski definition) is 2. The quantitative estimate of drug-likeness (QED) is 0.782. The Kier molecular flexibility index (Phi) is 3.52. The highest BCUT2D eigenvalue weighted by Crippen LogP contribution is 2.39. The monoisotopic (exact) mass is 304 g/mol. The van der Waals surface area contributed by atoms with Gasteiger partial charge < -0.3 is 0 Å². The lowest BCUT2D eigenvalue weighted by atomic mass is 9.84. The first-order valence-corrected chi connectivity index (χ1v) is 9.44. The van der Waals surface area contributed by atoms with Gasteiger partial charge in [0.15, 0.2) is 9.84 Å². The lowest BCUT2D eigenvalue weighted by Crippen LogP contribution is -2.38. The van der Waals surface area contributed by atoms with Crippen LogP contribution in [0.5, 0.6) is 0 Å². The molecule has 3 heteroatoms. The van der Waals surface area contributed by atoms with Gasteiger partial charge in [-0.1, -0.05) is 57.5 Å². The molecule has 3 rings (SSSR count). The van der Waals surface area contributed by atoms with Gasteiger partial charge in [0.1, 0.15) is 0 Å². The molecule has 1 saturated heterocycles. The van der Waals surface area contributed by atoms with Crippen molar-refractivity contribution in [2.45, 2.75) is 62.4 Å². The molecule has 0 N–H and O–H groups in total. The molecule has 0 amide bonds. The molecule has 2 aliphatic heterocycles. The molecule has 1 aromatic carbocycles. The van der Waals surface area contributed by atoms with Gasteiger partial charge >= 0.3 is 0 Å². The molecule has 2 heterocycles. The van der Waals surface area contributed by atoms with E-state index in [1.807, 2.05) is 6.08 Å². The molecule has 0 saturated carbocycles. The zero-order valence-electron chi connectivity index (χ0n) is 13.1. The first kappa shape index (κ1) is 14.8. The smallest absolute Gasteiger partial charge is 0.159 e. The van der Waals surface area contributed by atoms with Crippen molar-refractivity contribution in [2.24, 2.45) is 0 Å². The summed E-state index contributed by atoms with van der Waals surface area (Å²) >= 11 is 0. The lowest BCUT2D eigenvalue weighted by Gasteiger charge is -2.33. The molecule has 0 aromatic heterocycles. The third-order valence-corrected chi connectivity index (χ3v) is 7.38. The van der Waals surface area contributed by atoms with Crippen molar-refractivity contribution < 1.29 is 8.42 Å². The van der Waals surface area contributed by atoms with Gasteiger partial charge in [-0.15, -0.1) is 0 Å². The van der Waals surface area contributed by atoms with Crippen LogP contribution in [-0.4, -0.2) is 18.9 Å². The molecule has 1 aromatic rings. The first-order valence-electron chi connectivity index (χ1n) is 7.83. The predicted molar refractivity (Wildman–Crippen MR) is 88.1 cm³/mol. The summed E-state index contributed by atoms with van der Waals surface area (Å²) in [4.78, 5) is 0. The Labute approximate surface area is 128 Å². The predicted octanol–water partition coefficient (Wildman–Crippen LogP) is 4.11. The summed E-state index contributed by atoms with van der Waals surface area (Å²) in [5, 5.41) is -0.409. The third-order valence-electron chi connectivity index (χ3n) is 4.84. The minimum absolute atomic E-state index is 0.118. The Balaban J connectivity index is 2.01. The number of hydrogen-bond donors (Lipinski definition) is 0. The number of benzene rings is 1. The summed E-state index contributed by atoms with van der Waals surface area (Å²) < 4.78 is 24.7. The Hall–Kier alpha value is -1.09. The fraction of sp³-hybridized carbons (Fsp3) is 0.556. The van der Waals surface area contributed by atoms with Crippen LogP contribution in [0.2, 0.25) is 0 Å². The molecule has 21 heavy (non-hydrogen) atoms. The summed E-state index contributed by atoms with van der Waals surface area (Å²) in [7, 11) is -2.92. The van der Waals surface area contributed by atoms with Crippen LogP contribution in [0.4, 0.5) is 0 Å². The van der Waals surface area contributed by atoms with Gasteiger partial charge in [-0.3, -0.25) is 0 Å². The Morgan fingerprint density at radius 1 is 1.14 bits per heavy atom. The number of allylic oxidation sites excluding steroid dienone is 1. The zero-order chi connectivity index (χ0) is 15.3.